The molecule has 0 aliphatic rings. The van der Waals surface area contributed by atoms with Gasteiger partial charge in [-0.1, -0.05) is 20.8 Å². The minimum atomic E-state index is -2.30. The molecule has 0 saturated heterocycles. The summed E-state index contributed by atoms with van der Waals surface area (Å²) in [6.45, 7) is 4.79. The van der Waals surface area contributed by atoms with E-state index in [2.05, 4.69) is 15.0 Å². The van der Waals surface area contributed by atoms with Gasteiger partial charge in [-0.25, -0.2) is 18.2 Å². The summed E-state index contributed by atoms with van der Waals surface area (Å²) in [6, 6.07) is 0. The highest BCUT2D eigenvalue weighted by molar-refractivity contribution is 7.13. The summed E-state index contributed by atoms with van der Waals surface area (Å²) in [5, 5.41) is 4.26. The van der Waals surface area contributed by atoms with Gasteiger partial charge in [-0.3, -0.25) is 10.1 Å². The van der Waals surface area contributed by atoms with Crippen LogP contribution in [-0.2, 0) is 10.2 Å². The average molecular weight is 380 g/mol. The molecule has 0 bridgehead atoms. The summed E-state index contributed by atoms with van der Waals surface area (Å²) in [5.41, 5.74) is 0.472. The second kappa shape index (κ2) is 6.95. The van der Waals surface area contributed by atoms with Crippen LogP contribution in [0.15, 0.2) is 5.38 Å². The van der Waals surface area contributed by atoms with E-state index in [0.29, 0.717) is 5.69 Å². The standard InChI is InChI=1S/C15H13F5N2O2S/c1-15(2,3)6-5-25-14(21-6)22-7(23)4-24-13-11(19)9(17)8(16)10(18)12(13)20/h5H,4H2,1-3H3,(H,21,22,23). The molecule has 1 amide bonds. The monoisotopic (exact) mass is 380 g/mol. The zero-order chi connectivity index (χ0) is 18.9. The second-order valence-corrected chi connectivity index (χ2v) is 6.88. The number of anilines is 1. The number of benzene rings is 1. The van der Waals surface area contributed by atoms with Crippen molar-refractivity contribution in [1.82, 2.24) is 4.98 Å². The van der Waals surface area contributed by atoms with Crippen LogP contribution in [0.5, 0.6) is 5.75 Å². The molecule has 0 spiro atoms. The molecule has 0 saturated carbocycles. The van der Waals surface area contributed by atoms with Gasteiger partial charge in [-0.15, -0.1) is 11.3 Å². The minimum Gasteiger partial charge on any atom is -0.477 e. The SMILES string of the molecule is CC(C)(C)c1csc(NC(=O)COc2c(F)c(F)c(F)c(F)c2F)n1. The highest BCUT2D eigenvalue weighted by Crippen LogP contribution is 2.29. The smallest absolute Gasteiger partial charge is 0.264 e. The van der Waals surface area contributed by atoms with Gasteiger partial charge in [0, 0.05) is 10.8 Å². The molecule has 10 heteroatoms. The van der Waals surface area contributed by atoms with Gasteiger partial charge in [-0.05, 0) is 0 Å². The lowest BCUT2D eigenvalue weighted by atomic mass is 9.93. The van der Waals surface area contributed by atoms with Crippen LogP contribution in [0.2, 0.25) is 0 Å². The molecule has 0 atom stereocenters. The van der Waals surface area contributed by atoms with Crippen molar-refractivity contribution in [3.8, 4) is 5.75 Å². The zero-order valence-corrected chi connectivity index (χ0v) is 14.2. The van der Waals surface area contributed by atoms with E-state index in [9.17, 15) is 26.7 Å². The molecule has 2 aromatic rings. The van der Waals surface area contributed by atoms with Gasteiger partial charge in [0.2, 0.25) is 29.1 Å². The first kappa shape index (κ1) is 19.1. The van der Waals surface area contributed by atoms with Crippen LogP contribution in [0.3, 0.4) is 0 Å². The summed E-state index contributed by atoms with van der Waals surface area (Å²) in [6.07, 6.45) is 0. The third-order valence-electron chi connectivity index (χ3n) is 3.04. The number of nitrogens with zero attached hydrogens (tertiary/aromatic N) is 1. The number of carbonyl (C=O) groups excluding carboxylic acids is 1. The Hall–Kier alpha value is -2.23. The predicted octanol–water partition coefficient (Wildman–Crippen LogP) is 4.15. The largest absolute Gasteiger partial charge is 0.477 e. The van der Waals surface area contributed by atoms with Crippen molar-refractivity contribution in [1.29, 1.82) is 0 Å². The van der Waals surface area contributed by atoms with Crippen LogP contribution in [0, 0.1) is 29.1 Å². The highest BCUT2D eigenvalue weighted by atomic mass is 32.1. The number of rotatable bonds is 4. The molecule has 0 radical (unpaired) electrons. The third kappa shape index (κ3) is 4.06. The summed E-state index contributed by atoms with van der Waals surface area (Å²) >= 11 is 1.12. The number of nitrogens with one attached hydrogen (secondary N) is 1. The predicted molar refractivity (Wildman–Crippen MR) is 81.2 cm³/mol. The van der Waals surface area contributed by atoms with Crippen molar-refractivity contribution >= 4 is 22.4 Å². The molecule has 1 heterocycles. The number of hydrogen-bond donors (Lipinski definition) is 1. The van der Waals surface area contributed by atoms with Gasteiger partial charge in [0.1, 0.15) is 0 Å². The molecule has 25 heavy (non-hydrogen) atoms. The molecule has 0 aliphatic carbocycles. The molecule has 0 unspecified atom stereocenters. The molecular weight excluding hydrogens is 367 g/mol. The first-order chi connectivity index (χ1) is 11.5. The maximum Gasteiger partial charge on any atom is 0.264 e. The van der Waals surface area contributed by atoms with Crippen molar-refractivity contribution in [3.63, 3.8) is 0 Å². The summed E-state index contributed by atoms with van der Waals surface area (Å²) in [5.74, 6) is -13.3. The molecular formula is C15H13F5N2O2S. The Morgan fingerprint density at radius 1 is 1.08 bits per heavy atom. The number of hydrogen-bond acceptors (Lipinski definition) is 4. The summed E-state index contributed by atoms with van der Waals surface area (Å²) in [4.78, 5) is 15.9. The Bertz CT molecular complexity index is 788. The first-order valence-electron chi connectivity index (χ1n) is 6.92. The van der Waals surface area contributed by atoms with Crippen molar-refractivity contribution in [2.75, 3.05) is 11.9 Å². The summed E-state index contributed by atoms with van der Waals surface area (Å²) < 4.78 is 70.3. The Labute approximate surface area is 143 Å². The fourth-order valence-corrected chi connectivity index (χ4v) is 2.63. The van der Waals surface area contributed by atoms with E-state index in [0.717, 1.165) is 11.3 Å². The average Bonchev–Trinajstić information content (AvgIpc) is 2.99. The Morgan fingerprint density at radius 2 is 1.60 bits per heavy atom. The molecule has 1 N–H and O–H groups in total. The van der Waals surface area contributed by atoms with Crippen LogP contribution in [0.1, 0.15) is 26.5 Å². The lowest BCUT2D eigenvalue weighted by Gasteiger charge is -2.14. The van der Waals surface area contributed by atoms with Gasteiger partial charge in [0.05, 0.1) is 5.69 Å². The normalized spacial score (nSPS) is 11.5. The quantitative estimate of drug-likeness (QED) is 0.493. The van der Waals surface area contributed by atoms with Crippen LogP contribution >= 0.6 is 11.3 Å². The third-order valence-corrected chi connectivity index (χ3v) is 3.79. The number of thiazole rings is 1. The van der Waals surface area contributed by atoms with Crippen molar-refractivity contribution in [2.24, 2.45) is 0 Å². The molecule has 2 rings (SSSR count). The molecule has 4 nitrogen and oxygen atoms in total. The van der Waals surface area contributed by atoms with Crippen LogP contribution < -0.4 is 10.1 Å². The van der Waals surface area contributed by atoms with Gasteiger partial charge >= 0.3 is 0 Å². The highest BCUT2D eigenvalue weighted by Gasteiger charge is 2.27. The van der Waals surface area contributed by atoms with Crippen molar-refractivity contribution in [2.45, 2.75) is 26.2 Å². The molecule has 136 valence electrons. The van der Waals surface area contributed by atoms with Gasteiger partial charge in [0.25, 0.3) is 5.91 Å². The lowest BCUT2D eigenvalue weighted by Crippen LogP contribution is -2.21. The first-order valence-corrected chi connectivity index (χ1v) is 7.80. The number of carbonyl (C=O) groups is 1. The minimum absolute atomic E-state index is 0.218. The Morgan fingerprint density at radius 3 is 2.08 bits per heavy atom. The van der Waals surface area contributed by atoms with Crippen molar-refractivity contribution < 1.29 is 31.5 Å². The Kier molecular flexibility index (Phi) is 5.31. The van der Waals surface area contributed by atoms with E-state index in [1.165, 1.54) is 0 Å². The molecule has 1 aromatic heterocycles. The zero-order valence-electron chi connectivity index (χ0n) is 13.3. The number of ether oxygens (including phenoxy) is 1. The maximum absolute atomic E-state index is 13.4. The van der Waals surface area contributed by atoms with Gasteiger partial charge in [-0.2, -0.15) is 8.78 Å². The van der Waals surface area contributed by atoms with Crippen LogP contribution in [0.4, 0.5) is 27.1 Å². The lowest BCUT2D eigenvalue weighted by molar-refractivity contribution is -0.118. The molecule has 0 aliphatic heterocycles. The van der Waals surface area contributed by atoms with E-state index < -0.39 is 47.3 Å². The van der Waals surface area contributed by atoms with E-state index >= 15 is 0 Å². The topological polar surface area (TPSA) is 51.2 Å². The number of halogens is 5. The number of aromatic nitrogens is 1. The van der Waals surface area contributed by atoms with E-state index in [1.807, 2.05) is 20.8 Å². The fraction of sp³-hybridized carbons (Fsp3) is 0.333. The van der Waals surface area contributed by atoms with E-state index in [4.69, 9.17) is 0 Å². The van der Waals surface area contributed by atoms with E-state index in [1.54, 1.807) is 5.38 Å². The van der Waals surface area contributed by atoms with Crippen LogP contribution in [0.25, 0.3) is 0 Å². The van der Waals surface area contributed by atoms with Gasteiger partial charge in [0.15, 0.2) is 17.5 Å². The fourth-order valence-electron chi connectivity index (χ4n) is 1.68. The summed E-state index contributed by atoms with van der Waals surface area (Å²) in [7, 11) is 0. The second-order valence-electron chi connectivity index (χ2n) is 6.02. The Balaban J connectivity index is 2.07. The number of amides is 1. The molecule has 0 fully saturated rings. The van der Waals surface area contributed by atoms with Crippen molar-refractivity contribution in [3.05, 3.63) is 40.2 Å². The van der Waals surface area contributed by atoms with Crippen LogP contribution in [-0.4, -0.2) is 17.5 Å². The van der Waals surface area contributed by atoms with Gasteiger partial charge < -0.3 is 4.74 Å². The van der Waals surface area contributed by atoms with E-state index in [-0.39, 0.29) is 10.5 Å². The molecule has 1 aromatic carbocycles. The maximum atomic E-state index is 13.4.